The molecular formula is C24H53ClN2O4Si. The van der Waals surface area contributed by atoms with Gasteiger partial charge in [0.25, 0.3) is 0 Å². The number of quaternary nitrogens is 1. The molecule has 0 atom stereocenters. The van der Waals surface area contributed by atoms with Gasteiger partial charge in [-0.3, -0.25) is 4.79 Å². The van der Waals surface area contributed by atoms with E-state index < -0.39 is 8.80 Å². The summed E-state index contributed by atoms with van der Waals surface area (Å²) in [4.78, 5) is 11.9. The van der Waals surface area contributed by atoms with Crippen molar-refractivity contribution < 1.29 is 35.8 Å². The minimum atomic E-state index is -2.43. The number of hydrogen-bond acceptors (Lipinski definition) is 4. The second-order valence-corrected chi connectivity index (χ2v) is 11.7. The van der Waals surface area contributed by atoms with Gasteiger partial charge in [-0.1, -0.05) is 84.0 Å². The zero-order chi connectivity index (χ0) is 23.0. The van der Waals surface area contributed by atoms with E-state index in [1.54, 1.807) is 21.3 Å². The van der Waals surface area contributed by atoms with E-state index in [1.165, 1.54) is 77.0 Å². The Labute approximate surface area is 206 Å². The van der Waals surface area contributed by atoms with Gasteiger partial charge in [0.15, 0.2) is 0 Å². The van der Waals surface area contributed by atoms with Crippen LogP contribution in [-0.4, -0.2) is 55.7 Å². The second kappa shape index (κ2) is 25.4. The van der Waals surface area contributed by atoms with Gasteiger partial charge in [0.05, 0.1) is 19.6 Å². The van der Waals surface area contributed by atoms with Gasteiger partial charge in [0.1, 0.15) is 0 Å². The fourth-order valence-corrected chi connectivity index (χ4v) is 5.62. The molecule has 6 nitrogen and oxygen atoms in total. The number of nitrogens with two attached hydrogens (primary N) is 1. The predicted molar refractivity (Wildman–Crippen MR) is 131 cm³/mol. The minimum Gasteiger partial charge on any atom is -1.00 e. The van der Waals surface area contributed by atoms with Gasteiger partial charge in [-0.15, -0.1) is 0 Å². The van der Waals surface area contributed by atoms with Crippen LogP contribution in [0.1, 0.15) is 103 Å². The van der Waals surface area contributed by atoms with Crippen LogP contribution < -0.4 is 23.0 Å². The van der Waals surface area contributed by atoms with Crippen molar-refractivity contribution in [3.8, 4) is 0 Å². The molecule has 0 heterocycles. The third-order valence-electron chi connectivity index (χ3n) is 6.00. The number of rotatable bonds is 24. The van der Waals surface area contributed by atoms with Crippen molar-refractivity contribution in [2.45, 2.75) is 109 Å². The fraction of sp³-hybridized carbons (Fsp3) is 0.958. The minimum absolute atomic E-state index is 0. The molecule has 0 radical (unpaired) electrons. The molecule has 0 saturated carbocycles. The Balaban J connectivity index is 0. The highest BCUT2D eigenvalue weighted by atomic mass is 35.5. The van der Waals surface area contributed by atoms with E-state index in [0.717, 1.165) is 38.5 Å². The quantitative estimate of drug-likeness (QED) is 0.156. The molecular weight excluding hydrogens is 444 g/mol. The van der Waals surface area contributed by atoms with Crippen molar-refractivity contribution in [3.05, 3.63) is 0 Å². The number of hydrogen-bond donors (Lipinski definition) is 2. The molecule has 0 bridgehead atoms. The lowest BCUT2D eigenvalue weighted by Crippen LogP contribution is -3.00. The van der Waals surface area contributed by atoms with Gasteiger partial charge < -0.3 is 36.3 Å². The normalized spacial score (nSPS) is 11.4. The summed E-state index contributed by atoms with van der Waals surface area (Å²) in [5.41, 5.74) is 0. The maximum absolute atomic E-state index is 11.9. The highest BCUT2D eigenvalue weighted by Gasteiger charge is 2.37. The van der Waals surface area contributed by atoms with Crippen LogP contribution in [0.4, 0.5) is 0 Å². The lowest BCUT2D eigenvalue weighted by Gasteiger charge is -2.23. The molecule has 0 unspecified atom stereocenters. The molecule has 8 heteroatoms. The smallest absolute Gasteiger partial charge is 0.500 e. The maximum atomic E-state index is 11.9. The Morgan fingerprint density at radius 1 is 0.719 bits per heavy atom. The molecule has 0 aromatic rings. The SMILES string of the molecule is CCCCCCCCCCCCCCCC(=O)NCC[NH2+]CCC[Si](OC)(OC)OC.[Cl-]. The average molecular weight is 497 g/mol. The number of halogens is 1. The summed E-state index contributed by atoms with van der Waals surface area (Å²) in [5, 5.41) is 5.26. The summed E-state index contributed by atoms with van der Waals surface area (Å²) in [5.74, 6) is 0.195. The summed E-state index contributed by atoms with van der Waals surface area (Å²) in [6, 6.07) is 0.818. The van der Waals surface area contributed by atoms with Crippen molar-refractivity contribution in [2.24, 2.45) is 0 Å². The largest absolute Gasteiger partial charge is 1.00 e. The molecule has 0 fully saturated rings. The van der Waals surface area contributed by atoms with Crippen LogP contribution in [0.3, 0.4) is 0 Å². The first kappa shape index (κ1) is 34.0. The average Bonchev–Trinajstić information content (AvgIpc) is 2.79. The maximum Gasteiger partial charge on any atom is 0.500 e. The molecule has 1 amide bonds. The monoisotopic (exact) mass is 496 g/mol. The van der Waals surface area contributed by atoms with E-state index >= 15 is 0 Å². The van der Waals surface area contributed by atoms with E-state index in [9.17, 15) is 4.79 Å². The summed E-state index contributed by atoms with van der Waals surface area (Å²) in [7, 11) is 2.51. The number of carbonyl (C=O) groups excluding carboxylic acids is 1. The van der Waals surface area contributed by atoms with Gasteiger partial charge in [-0.05, 0) is 6.42 Å². The standard InChI is InChI=1S/C24H52N2O4Si.ClH/c1-5-6-7-8-9-10-11-12-13-14-15-16-17-19-24(27)26-22-21-25-20-18-23-31(28-2,29-3)30-4;/h25H,5-23H2,1-4H3,(H,26,27);1H. The summed E-state index contributed by atoms with van der Waals surface area (Å²) < 4.78 is 16.3. The number of amides is 1. The highest BCUT2D eigenvalue weighted by molar-refractivity contribution is 6.60. The van der Waals surface area contributed by atoms with Crippen LogP contribution in [0.2, 0.25) is 6.04 Å². The molecule has 0 aliphatic rings. The lowest BCUT2D eigenvalue weighted by molar-refractivity contribution is -0.652. The lowest BCUT2D eigenvalue weighted by atomic mass is 10.0. The summed E-state index contributed by atoms with van der Waals surface area (Å²) >= 11 is 0. The van der Waals surface area contributed by atoms with Crippen LogP contribution in [0.15, 0.2) is 0 Å². The van der Waals surface area contributed by atoms with E-state index in [1.807, 2.05) is 0 Å². The van der Waals surface area contributed by atoms with Gasteiger partial charge in [0, 0.05) is 40.2 Å². The Morgan fingerprint density at radius 3 is 1.66 bits per heavy atom. The van der Waals surface area contributed by atoms with Crippen LogP contribution >= 0.6 is 0 Å². The Morgan fingerprint density at radius 2 is 1.19 bits per heavy atom. The summed E-state index contributed by atoms with van der Waals surface area (Å²) in [6.45, 7) is 4.90. The molecule has 194 valence electrons. The first-order valence-electron chi connectivity index (χ1n) is 12.9. The van der Waals surface area contributed by atoms with Crippen LogP contribution in [0, 0.1) is 0 Å². The molecule has 32 heavy (non-hydrogen) atoms. The zero-order valence-electron chi connectivity index (χ0n) is 21.5. The number of unbranched alkanes of at least 4 members (excludes halogenated alkanes) is 12. The molecule has 3 N–H and O–H groups in total. The highest BCUT2D eigenvalue weighted by Crippen LogP contribution is 2.14. The zero-order valence-corrected chi connectivity index (χ0v) is 23.3. The number of carbonyl (C=O) groups is 1. The molecule has 0 saturated heterocycles. The Bertz CT molecular complexity index is 394. The third kappa shape index (κ3) is 20.4. The van der Waals surface area contributed by atoms with E-state index in [0.29, 0.717) is 6.42 Å². The van der Waals surface area contributed by atoms with Crippen LogP contribution in [0.25, 0.3) is 0 Å². The van der Waals surface area contributed by atoms with Crippen molar-refractivity contribution in [3.63, 3.8) is 0 Å². The van der Waals surface area contributed by atoms with E-state index in [2.05, 4.69) is 17.6 Å². The van der Waals surface area contributed by atoms with Crippen molar-refractivity contribution >= 4 is 14.7 Å². The molecule has 0 aliphatic heterocycles. The van der Waals surface area contributed by atoms with Crippen LogP contribution in [0.5, 0.6) is 0 Å². The predicted octanol–water partition coefficient (Wildman–Crippen LogP) is 1.42. The first-order valence-corrected chi connectivity index (χ1v) is 14.8. The third-order valence-corrected chi connectivity index (χ3v) is 8.83. The van der Waals surface area contributed by atoms with Gasteiger partial charge in [0.2, 0.25) is 5.91 Å². The molecule has 0 aromatic heterocycles. The first-order chi connectivity index (χ1) is 15.1. The van der Waals surface area contributed by atoms with E-state index in [-0.39, 0.29) is 18.3 Å². The fourth-order valence-electron chi connectivity index (χ4n) is 3.87. The van der Waals surface area contributed by atoms with Crippen molar-refractivity contribution in [2.75, 3.05) is 41.0 Å². The van der Waals surface area contributed by atoms with Gasteiger partial charge >= 0.3 is 8.80 Å². The van der Waals surface area contributed by atoms with Gasteiger partial charge in [-0.25, -0.2) is 0 Å². The summed E-state index contributed by atoms with van der Waals surface area (Å²) in [6.07, 6.45) is 19.0. The topological polar surface area (TPSA) is 73.4 Å². The molecule has 0 aromatic carbocycles. The Kier molecular flexibility index (Phi) is 27.0. The molecule has 0 aliphatic carbocycles. The van der Waals surface area contributed by atoms with Gasteiger partial charge in [-0.2, -0.15) is 0 Å². The second-order valence-electron chi connectivity index (χ2n) is 8.61. The van der Waals surface area contributed by atoms with Crippen molar-refractivity contribution in [1.29, 1.82) is 0 Å². The van der Waals surface area contributed by atoms with Crippen molar-refractivity contribution in [1.82, 2.24) is 5.32 Å². The van der Waals surface area contributed by atoms with E-state index in [4.69, 9.17) is 13.3 Å². The molecule has 0 rings (SSSR count). The number of nitrogens with one attached hydrogen (secondary N) is 1. The van der Waals surface area contributed by atoms with Crippen LogP contribution in [-0.2, 0) is 18.1 Å². The molecule has 0 spiro atoms. The Hall–Kier alpha value is -0.183.